The van der Waals surface area contributed by atoms with Crippen molar-refractivity contribution in [3.05, 3.63) is 64.9 Å². The van der Waals surface area contributed by atoms with Crippen LogP contribution in [0.2, 0.25) is 5.02 Å². The highest BCUT2D eigenvalue weighted by Crippen LogP contribution is 2.20. The first-order valence-corrected chi connectivity index (χ1v) is 7.13. The van der Waals surface area contributed by atoms with Gasteiger partial charge in [-0.3, -0.25) is 9.59 Å². The summed E-state index contributed by atoms with van der Waals surface area (Å²) in [6.07, 6.45) is 2.87. The van der Waals surface area contributed by atoms with Gasteiger partial charge in [0.15, 0.2) is 0 Å². The lowest BCUT2D eigenvalue weighted by molar-refractivity contribution is -0.114. The van der Waals surface area contributed by atoms with Gasteiger partial charge in [-0.2, -0.15) is 0 Å². The quantitative estimate of drug-likeness (QED) is 0.828. The van der Waals surface area contributed by atoms with Crippen molar-refractivity contribution in [1.29, 1.82) is 0 Å². The lowest BCUT2D eigenvalue weighted by Crippen LogP contribution is -2.11. The molecule has 2 aromatic carbocycles. The predicted molar refractivity (Wildman–Crippen MR) is 89.8 cm³/mol. The molecule has 2 N–H and O–H groups in total. The molecule has 0 spiro atoms. The molecule has 0 saturated carbocycles. The van der Waals surface area contributed by atoms with Crippen molar-refractivity contribution in [2.24, 2.45) is 0 Å². The first-order chi connectivity index (χ1) is 10.9. The molecule has 2 rings (SSSR count). The standard InChI is InChI=1S/C17H14ClFN2O2/c1-11(22)20-14-7-8-15(19)16(10-14)21-17(23)9-4-12-2-5-13(18)6-3-12/h2-10H,1H3,(H,20,22)(H,21,23)/b9-4+. The molecule has 0 aromatic heterocycles. The number of carbonyl (C=O) groups is 2. The van der Waals surface area contributed by atoms with E-state index in [-0.39, 0.29) is 11.6 Å². The van der Waals surface area contributed by atoms with Crippen LogP contribution in [-0.2, 0) is 9.59 Å². The van der Waals surface area contributed by atoms with Crippen LogP contribution < -0.4 is 10.6 Å². The lowest BCUT2D eigenvalue weighted by atomic mass is 10.2. The fourth-order valence-corrected chi connectivity index (χ4v) is 1.95. The fraction of sp³-hybridized carbons (Fsp3) is 0.0588. The molecule has 2 aromatic rings. The number of anilines is 2. The van der Waals surface area contributed by atoms with Gasteiger partial charge in [0, 0.05) is 23.7 Å². The van der Waals surface area contributed by atoms with Crippen LogP contribution >= 0.6 is 11.6 Å². The molecular weight excluding hydrogens is 319 g/mol. The monoisotopic (exact) mass is 332 g/mol. The molecule has 118 valence electrons. The van der Waals surface area contributed by atoms with Gasteiger partial charge in [-0.25, -0.2) is 4.39 Å². The Morgan fingerprint density at radius 3 is 2.43 bits per heavy atom. The van der Waals surface area contributed by atoms with Crippen LogP contribution in [0, 0.1) is 5.82 Å². The van der Waals surface area contributed by atoms with E-state index in [1.54, 1.807) is 30.3 Å². The average molecular weight is 333 g/mol. The Labute approximate surface area is 138 Å². The number of nitrogens with one attached hydrogen (secondary N) is 2. The summed E-state index contributed by atoms with van der Waals surface area (Å²) in [7, 11) is 0. The molecule has 0 unspecified atom stereocenters. The fourth-order valence-electron chi connectivity index (χ4n) is 1.82. The second-order valence-electron chi connectivity index (χ2n) is 4.75. The van der Waals surface area contributed by atoms with Crippen molar-refractivity contribution < 1.29 is 14.0 Å². The topological polar surface area (TPSA) is 58.2 Å². The Morgan fingerprint density at radius 1 is 1.09 bits per heavy atom. The van der Waals surface area contributed by atoms with Crippen molar-refractivity contribution in [1.82, 2.24) is 0 Å². The van der Waals surface area contributed by atoms with Gasteiger partial charge in [-0.1, -0.05) is 23.7 Å². The molecule has 0 heterocycles. The Balaban J connectivity index is 2.07. The molecule has 6 heteroatoms. The highest BCUT2D eigenvalue weighted by molar-refractivity contribution is 6.30. The Bertz CT molecular complexity index is 758. The molecule has 0 aliphatic carbocycles. The van der Waals surface area contributed by atoms with Gasteiger partial charge in [0.25, 0.3) is 0 Å². The highest BCUT2D eigenvalue weighted by atomic mass is 35.5. The summed E-state index contributed by atoms with van der Waals surface area (Å²) < 4.78 is 13.7. The molecule has 0 aliphatic heterocycles. The molecule has 0 bridgehead atoms. The van der Waals surface area contributed by atoms with Crippen molar-refractivity contribution in [2.75, 3.05) is 10.6 Å². The number of carbonyl (C=O) groups excluding carboxylic acids is 2. The average Bonchev–Trinajstić information content (AvgIpc) is 2.49. The van der Waals surface area contributed by atoms with E-state index in [1.165, 1.54) is 31.2 Å². The van der Waals surface area contributed by atoms with Gasteiger partial charge >= 0.3 is 0 Å². The summed E-state index contributed by atoms with van der Waals surface area (Å²) in [6.45, 7) is 1.34. The van der Waals surface area contributed by atoms with E-state index in [2.05, 4.69) is 10.6 Å². The first-order valence-electron chi connectivity index (χ1n) is 6.76. The summed E-state index contributed by atoms with van der Waals surface area (Å²) >= 11 is 5.77. The molecule has 0 atom stereocenters. The van der Waals surface area contributed by atoms with Crippen LogP contribution in [0.15, 0.2) is 48.5 Å². The number of halogens is 2. The van der Waals surface area contributed by atoms with Crippen molar-refractivity contribution >= 4 is 40.9 Å². The van der Waals surface area contributed by atoms with Gasteiger partial charge < -0.3 is 10.6 Å². The largest absolute Gasteiger partial charge is 0.326 e. The molecule has 4 nitrogen and oxygen atoms in total. The minimum atomic E-state index is -0.590. The van der Waals surface area contributed by atoms with Crippen molar-refractivity contribution in [2.45, 2.75) is 6.92 Å². The predicted octanol–water partition coefficient (Wildman–Crippen LogP) is 4.09. The summed E-state index contributed by atoms with van der Waals surface area (Å²) in [6, 6.07) is 10.9. The van der Waals surface area contributed by atoms with Gasteiger partial charge in [0.05, 0.1) is 5.69 Å². The van der Waals surface area contributed by atoms with E-state index in [0.717, 1.165) is 5.56 Å². The van der Waals surface area contributed by atoms with Crippen LogP contribution in [0.4, 0.5) is 15.8 Å². The van der Waals surface area contributed by atoms with Crippen LogP contribution in [0.25, 0.3) is 6.08 Å². The third-order valence-corrected chi connectivity index (χ3v) is 3.09. The molecule has 2 amide bonds. The normalized spacial score (nSPS) is 10.6. The minimum absolute atomic E-state index is 0.0120. The number of benzene rings is 2. The maximum atomic E-state index is 13.7. The van der Waals surface area contributed by atoms with Gasteiger partial charge in [0.1, 0.15) is 5.82 Å². The third-order valence-electron chi connectivity index (χ3n) is 2.84. The van der Waals surface area contributed by atoms with Crippen LogP contribution in [0.3, 0.4) is 0 Å². The third kappa shape index (κ3) is 5.23. The van der Waals surface area contributed by atoms with Crippen molar-refractivity contribution in [3.8, 4) is 0 Å². The van der Waals surface area contributed by atoms with Gasteiger partial charge in [0.2, 0.25) is 11.8 Å². The van der Waals surface area contributed by atoms with E-state index >= 15 is 0 Å². The molecule has 23 heavy (non-hydrogen) atoms. The van der Waals surface area contributed by atoms with E-state index in [1.807, 2.05) is 0 Å². The summed E-state index contributed by atoms with van der Waals surface area (Å²) in [5.41, 5.74) is 1.18. The number of hydrogen-bond acceptors (Lipinski definition) is 2. The van der Waals surface area contributed by atoms with Crippen molar-refractivity contribution in [3.63, 3.8) is 0 Å². The molecular formula is C17H14ClFN2O2. The summed E-state index contributed by atoms with van der Waals surface area (Å²) in [5.74, 6) is -1.36. The Hall–Kier alpha value is -2.66. The summed E-state index contributed by atoms with van der Waals surface area (Å²) in [5, 5.41) is 5.55. The smallest absolute Gasteiger partial charge is 0.248 e. The second kappa shape index (κ2) is 7.56. The van der Waals surface area contributed by atoms with Crippen LogP contribution in [-0.4, -0.2) is 11.8 Å². The van der Waals surface area contributed by atoms with Gasteiger partial charge in [-0.15, -0.1) is 0 Å². The highest BCUT2D eigenvalue weighted by Gasteiger charge is 2.07. The van der Waals surface area contributed by atoms with E-state index in [9.17, 15) is 14.0 Å². The molecule has 0 fully saturated rings. The number of amides is 2. The molecule has 0 saturated heterocycles. The number of rotatable bonds is 4. The van der Waals surface area contributed by atoms with Crippen LogP contribution in [0.1, 0.15) is 12.5 Å². The first kappa shape index (κ1) is 16.7. The minimum Gasteiger partial charge on any atom is -0.326 e. The zero-order valence-electron chi connectivity index (χ0n) is 12.3. The van der Waals surface area contributed by atoms with Crippen LogP contribution in [0.5, 0.6) is 0 Å². The Kier molecular flexibility index (Phi) is 5.49. The molecule has 0 aliphatic rings. The van der Waals surface area contributed by atoms with E-state index in [4.69, 9.17) is 11.6 Å². The zero-order chi connectivity index (χ0) is 16.8. The van der Waals surface area contributed by atoms with E-state index < -0.39 is 11.7 Å². The zero-order valence-corrected chi connectivity index (χ0v) is 13.0. The maximum absolute atomic E-state index is 13.7. The van der Waals surface area contributed by atoms with Gasteiger partial charge in [-0.05, 0) is 42.0 Å². The molecule has 0 radical (unpaired) electrons. The Morgan fingerprint density at radius 2 is 1.78 bits per heavy atom. The lowest BCUT2D eigenvalue weighted by Gasteiger charge is -2.07. The second-order valence-corrected chi connectivity index (χ2v) is 5.19. The summed E-state index contributed by atoms with van der Waals surface area (Å²) in [4.78, 5) is 22.9. The number of hydrogen-bond donors (Lipinski definition) is 2. The maximum Gasteiger partial charge on any atom is 0.248 e. The van der Waals surface area contributed by atoms with E-state index in [0.29, 0.717) is 10.7 Å². The SMILES string of the molecule is CC(=O)Nc1ccc(F)c(NC(=O)/C=C/c2ccc(Cl)cc2)c1.